The summed E-state index contributed by atoms with van der Waals surface area (Å²) in [7, 11) is 1.80. The molecule has 0 fully saturated rings. The number of hydrogen-bond acceptors (Lipinski definition) is 2. The number of rotatable bonds is 8. The summed E-state index contributed by atoms with van der Waals surface area (Å²) < 4.78 is 0. The molecule has 0 saturated carbocycles. The van der Waals surface area contributed by atoms with Crippen LogP contribution in [0, 0.1) is 5.92 Å². The zero-order valence-electron chi connectivity index (χ0n) is 13.7. The van der Waals surface area contributed by atoms with E-state index < -0.39 is 0 Å². The minimum absolute atomic E-state index is 0. The molecule has 6 heteroatoms. The molecule has 1 aromatic heterocycles. The van der Waals surface area contributed by atoms with Gasteiger partial charge in [-0.3, -0.25) is 4.99 Å². The number of pyridine rings is 1. The smallest absolute Gasteiger partial charge is 0.190 e. The van der Waals surface area contributed by atoms with E-state index in [1.165, 1.54) is 24.8 Å². The van der Waals surface area contributed by atoms with Crippen LogP contribution >= 0.6 is 35.6 Å². The highest BCUT2D eigenvalue weighted by molar-refractivity contribution is 14.0. The van der Waals surface area contributed by atoms with Gasteiger partial charge in [-0.05, 0) is 30.4 Å². The first-order valence-electron chi connectivity index (χ1n) is 7.66. The zero-order valence-corrected chi connectivity index (χ0v) is 16.8. The maximum Gasteiger partial charge on any atom is 0.190 e. The van der Waals surface area contributed by atoms with E-state index in [4.69, 9.17) is 11.6 Å². The summed E-state index contributed by atoms with van der Waals surface area (Å²) in [4.78, 5) is 8.30. The minimum Gasteiger partial charge on any atom is -0.356 e. The van der Waals surface area contributed by atoms with Crippen molar-refractivity contribution in [1.82, 2.24) is 15.6 Å². The summed E-state index contributed by atoms with van der Waals surface area (Å²) in [5, 5.41) is 7.18. The fraction of sp³-hybridized carbons (Fsp3) is 0.625. The molecular weight excluding hydrogens is 411 g/mol. The third-order valence-corrected chi connectivity index (χ3v) is 3.44. The molecule has 0 aliphatic heterocycles. The van der Waals surface area contributed by atoms with Crippen LogP contribution in [-0.4, -0.2) is 31.1 Å². The topological polar surface area (TPSA) is 49.3 Å². The molecule has 2 N–H and O–H groups in total. The molecule has 0 bridgehead atoms. The first-order valence-corrected chi connectivity index (χ1v) is 8.04. The maximum absolute atomic E-state index is 5.77. The first kappa shape index (κ1) is 21.4. The lowest BCUT2D eigenvalue weighted by molar-refractivity contribution is 0.534. The van der Waals surface area contributed by atoms with E-state index in [2.05, 4.69) is 34.5 Å². The van der Waals surface area contributed by atoms with Gasteiger partial charge >= 0.3 is 0 Å². The van der Waals surface area contributed by atoms with Gasteiger partial charge in [0.25, 0.3) is 0 Å². The largest absolute Gasteiger partial charge is 0.356 e. The number of halogens is 2. The number of guanidine groups is 1. The Morgan fingerprint density at radius 3 is 2.55 bits per heavy atom. The molecule has 0 amide bonds. The van der Waals surface area contributed by atoms with Crippen LogP contribution in [-0.2, 0) is 6.42 Å². The van der Waals surface area contributed by atoms with Gasteiger partial charge in [0.05, 0.1) is 0 Å². The summed E-state index contributed by atoms with van der Waals surface area (Å²) >= 11 is 5.77. The van der Waals surface area contributed by atoms with E-state index in [1.807, 2.05) is 18.3 Å². The summed E-state index contributed by atoms with van der Waals surface area (Å²) in [6.07, 6.45) is 6.44. The van der Waals surface area contributed by atoms with Gasteiger partial charge in [0.15, 0.2) is 5.96 Å². The summed E-state index contributed by atoms with van der Waals surface area (Å²) in [5.74, 6) is 1.65. The summed E-state index contributed by atoms with van der Waals surface area (Å²) in [5.41, 5.74) is 1.17. The van der Waals surface area contributed by atoms with Gasteiger partial charge in [0.1, 0.15) is 5.15 Å². The van der Waals surface area contributed by atoms with Crippen molar-refractivity contribution >= 4 is 41.5 Å². The highest BCUT2D eigenvalue weighted by Crippen LogP contribution is 2.06. The van der Waals surface area contributed by atoms with Gasteiger partial charge in [-0.2, -0.15) is 0 Å². The average Bonchev–Trinajstić information content (AvgIpc) is 2.46. The van der Waals surface area contributed by atoms with Crippen LogP contribution < -0.4 is 10.6 Å². The molecule has 0 atom stereocenters. The number of unbranched alkanes of at least 4 members (excludes halogenated alkanes) is 1. The van der Waals surface area contributed by atoms with Crippen molar-refractivity contribution in [2.45, 2.75) is 39.5 Å². The van der Waals surface area contributed by atoms with Gasteiger partial charge in [-0.25, -0.2) is 4.98 Å². The molecule has 126 valence electrons. The van der Waals surface area contributed by atoms with Crippen LogP contribution in [0.5, 0.6) is 0 Å². The molecule has 0 aliphatic carbocycles. The Bertz CT molecular complexity index is 421. The molecule has 1 rings (SSSR count). The number of aromatic nitrogens is 1. The van der Waals surface area contributed by atoms with Crippen molar-refractivity contribution in [1.29, 1.82) is 0 Å². The van der Waals surface area contributed by atoms with Crippen LogP contribution in [0.25, 0.3) is 0 Å². The zero-order chi connectivity index (χ0) is 15.5. The maximum atomic E-state index is 5.77. The van der Waals surface area contributed by atoms with Crippen LogP contribution in [0.1, 0.15) is 38.7 Å². The fourth-order valence-electron chi connectivity index (χ4n) is 1.98. The van der Waals surface area contributed by atoms with E-state index in [0.29, 0.717) is 5.15 Å². The van der Waals surface area contributed by atoms with Crippen LogP contribution in [0.3, 0.4) is 0 Å². The quantitative estimate of drug-likeness (QED) is 0.213. The van der Waals surface area contributed by atoms with Gasteiger partial charge in [-0.15, -0.1) is 24.0 Å². The Balaban J connectivity index is 0.00000441. The van der Waals surface area contributed by atoms with E-state index in [9.17, 15) is 0 Å². The van der Waals surface area contributed by atoms with Gasteiger partial charge in [-0.1, -0.05) is 44.4 Å². The lowest BCUT2D eigenvalue weighted by Gasteiger charge is -2.12. The first-order chi connectivity index (χ1) is 10.1. The molecule has 0 saturated heterocycles. The van der Waals surface area contributed by atoms with Gasteiger partial charge in [0.2, 0.25) is 0 Å². The second kappa shape index (κ2) is 12.9. The van der Waals surface area contributed by atoms with Crippen molar-refractivity contribution in [3.05, 3.63) is 29.0 Å². The third kappa shape index (κ3) is 10.2. The van der Waals surface area contributed by atoms with Gasteiger partial charge < -0.3 is 10.6 Å². The number of nitrogens with one attached hydrogen (secondary N) is 2. The molecule has 4 nitrogen and oxygen atoms in total. The monoisotopic (exact) mass is 438 g/mol. The molecule has 0 radical (unpaired) electrons. The summed E-state index contributed by atoms with van der Waals surface area (Å²) in [6.45, 7) is 6.32. The SMILES string of the molecule is CN=C(NCCCCC(C)C)NCCc1ccc(Cl)nc1.I. The third-order valence-electron chi connectivity index (χ3n) is 3.22. The van der Waals surface area contributed by atoms with E-state index in [-0.39, 0.29) is 24.0 Å². The molecule has 22 heavy (non-hydrogen) atoms. The van der Waals surface area contributed by atoms with Crippen molar-refractivity contribution in [3.8, 4) is 0 Å². The molecule has 0 aliphatic rings. The van der Waals surface area contributed by atoms with Crippen LogP contribution in [0.2, 0.25) is 5.15 Å². The fourth-order valence-corrected chi connectivity index (χ4v) is 2.10. The Kier molecular flexibility index (Phi) is 12.6. The highest BCUT2D eigenvalue weighted by atomic mass is 127. The molecule has 0 spiro atoms. The van der Waals surface area contributed by atoms with Crippen molar-refractivity contribution in [2.75, 3.05) is 20.1 Å². The standard InChI is InChI=1S/C16H27ClN4.HI/c1-13(2)6-4-5-10-19-16(18-3)20-11-9-14-7-8-15(17)21-12-14;/h7-8,12-13H,4-6,9-11H2,1-3H3,(H2,18,19,20);1H. The van der Waals surface area contributed by atoms with Crippen LogP contribution in [0.4, 0.5) is 0 Å². The molecule has 0 unspecified atom stereocenters. The minimum atomic E-state index is 0. The number of hydrogen-bond donors (Lipinski definition) is 2. The molecular formula is C16H28ClIN4. The lowest BCUT2D eigenvalue weighted by atomic mass is 10.1. The van der Waals surface area contributed by atoms with Gasteiger partial charge in [0, 0.05) is 26.3 Å². The van der Waals surface area contributed by atoms with E-state index in [0.717, 1.165) is 31.4 Å². The Labute approximate surface area is 156 Å². The second-order valence-corrected chi connectivity index (χ2v) is 5.94. The summed E-state index contributed by atoms with van der Waals surface area (Å²) in [6, 6.07) is 3.82. The second-order valence-electron chi connectivity index (χ2n) is 5.55. The molecule has 1 heterocycles. The van der Waals surface area contributed by atoms with Crippen molar-refractivity contribution in [3.63, 3.8) is 0 Å². The predicted molar refractivity (Wildman–Crippen MR) is 106 cm³/mol. The Morgan fingerprint density at radius 1 is 1.23 bits per heavy atom. The van der Waals surface area contributed by atoms with Crippen LogP contribution in [0.15, 0.2) is 23.3 Å². The Morgan fingerprint density at radius 2 is 1.95 bits per heavy atom. The molecule has 0 aromatic carbocycles. The normalized spacial score (nSPS) is 11.2. The molecule has 1 aromatic rings. The van der Waals surface area contributed by atoms with Crippen molar-refractivity contribution in [2.24, 2.45) is 10.9 Å². The average molecular weight is 439 g/mol. The lowest BCUT2D eigenvalue weighted by Crippen LogP contribution is -2.38. The van der Waals surface area contributed by atoms with E-state index >= 15 is 0 Å². The Hall–Kier alpha value is -0.560. The predicted octanol–water partition coefficient (Wildman–Crippen LogP) is 3.89. The van der Waals surface area contributed by atoms with Crippen molar-refractivity contribution < 1.29 is 0 Å². The number of nitrogens with zero attached hydrogens (tertiary/aromatic N) is 2. The van der Waals surface area contributed by atoms with E-state index in [1.54, 1.807) is 7.05 Å². The highest BCUT2D eigenvalue weighted by Gasteiger charge is 1.99. The number of aliphatic imine (C=N–C) groups is 1.